The molecule has 1 aliphatic heterocycles. The van der Waals surface area contributed by atoms with Crippen LogP contribution in [-0.4, -0.2) is 33.8 Å². The zero-order chi connectivity index (χ0) is 23.1. The van der Waals surface area contributed by atoms with Gasteiger partial charge < -0.3 is 24.1 Å². The minimum absolute atomic E-state index is 0.0349. The average Bonchev–Trinajstić information content (AvgIpc) is 3.52. The van der Waals surface area contributed by atoms with Gasteiger partial charge in [-0.3, -0.25) is 9.59 Å². The van der Waals surface area contributed by atoms with E-state index in [2.05, 4.69) is 4.98 Å². The van der Waals surface area contributed by atoms with E-state index in [1.54, 1.807) is 36.4 Å². The summed E-state index contributed by atoms with van der Waals surface area (Å²) in [7, 11) is 1.52. The molecule has 0 spiro atoms. The molecule has 0 bridgehead atoms. The molecular weight excluding hydrogens is 420 g/mol. The third-order valence-corrected chi connectivity index (χ3v) is 6.01. The van der Waals surface area contributed by atoms with Crippen LogP contribution >= 0.6 is 0 Å². The number of nitrogens with zero attached hydrogens (tertiary/aromatic N) is 1. The summed E-state index contributed by atoms with van der Waals surface area (Å²) in [6, 6.07) is 17.2. The molecular formula is C26H22N2O5. The number of hydrogen-bond acceptors (Lipinski definition) is 5. The average molecular weight is 442 g/mol. The molecule has 166 valence electrons. The normalized spacial score (nSPS) is 17.8. The molecule has 5 rings (SSSR count). The van der Waals surface area contributed by atoms with Gasteiger partial charge in [-0.2, -0.15) is 0 Å². The first kappa shape index (κ1) is 20.6. The zero-order valence-corrected chi connectivity index (χ0v) is 18.2. The highest BCUT2D eigenvalue weighted by Crippen LogP contribution is 2.44. The molecule has 0 radical (unpaired) electrons. The van der Waals surface area contributed by atoms with Gasteiger partial charge in [0, 0.05) is 27.7 Å². The number of para-hydroxylation sites is 1. The Morgan fingerprint density at radius 2 is 1.94 bits per heavy atom. The minimum Gasteiger partial charge on any atom is -0.507 e. The molecule has 7 heteroatoms. The number of ketones is 1. The molecule has 4 aromatic rings. The number of H-pyrrole nitrogens is 1. The lowest BCUT2D eigenvalue weighted by Gasteiger charge is -2.25. The number of carbonyl (C=O) groups is 2. The fraction of sp³-hybridized carbons (Fsp3) is 0.154. The summed E-state index contributed by atoms with van der Waals surface area (Å²) in [5.74, 6) is -0.601. The van der Waals surface area contributed by atoms with Gasteiger partial charge in [-0.05, 0) is 37.3 Å². The van der Waals surface area contributed by atoms with Gasteiger partial charge >= 0.3 is 0 Å². The Labute approximate surface area is 189 Å². The maximum atomic E-state index is 13.3. The van der Waals surface area contributed by atoms with Gasteiger partial charge in [0.15, 0.2) is 0 Å². The van der Waals surface area contributed by atoms with Gasteiger partial charge in [0.1, 0.15) is 17.3 Å². The molecule has 1 saturated heterocycles. The van der Waals surface area contributed by atoms with Crippen LogP contribution in [0.15, 0.2) is 76.9 Å². The molecule has 7 nitrogen and oxygen atoms in total. The first-order chi connectivity index (χ1) is 16.0. The number of aliphatic hydroxyl groups is 1. The van der Waals surface area contributed by atoms with Gasteiger partial charge in [0.05, 0.1) is 31.5 Å². The predicted octanol–water partition coefficient (Wildman–Crippen LogP) is 4.70. The Morgan fingerprint density at radius 1 is 1.12 bits per heavy atom. The Bertz CT molecular complexity index is 1400. The van der Waals surface area contributed by atoms with Crippen molar-refractivity contribution in [1.82, 2.24) is 9.88 Å². The van der Waals surface area contributed by atoms with E-state index in [1.165, 1.54) is 18.3 Å². The second-order valence-corrected chi connectivity index (χ2v) is 7.95. The van der Waals surface area contributed by atoms with Crippen molar-refractivity contribution in [1.29, 1.82) is 0 Å². The number of aryl methyl sites for hydroxylation is 1. The van der Waals surface area contributed by atoms with E-state index in [4.69, 9.17) is 9.15 Å². The van der Waals surface area contributed by atoms with Crippen molar-refractivity contribution in [2.75, 3.05) is 7.11 Å². The zero-order valence-electron chi connectivity index (χ0n) is 18.2. The number of hydrogen-bond donors (Lipinski definition) is 2. The van der Waals surface area contributed by atoms with Gasteiger partial charge in [-0.15, -0.1) is 0 Å². The number of Topliss-reactive ketones (excluding diaryl/α,β-unsaturated/α-hetero) is 1. The summed E-state index contributed by atoms with van der Waals surface area (Å²) in [6.07, 6.45) is 1.52. The van der Waals surface area contributed by atoms with Crippen LogP contribution in [0.1, 0.15) is 28.6 Å². The summed E-state index contributed by atoms with van der Waals surface area (Å²) >= 11 is 0. The molecule has 1 unspecified atom stereocenters. The molecule has 1 aliphatic rings. The number of rotatable bonds is 5. The van der Waals surface area contributed by atoms with Crippen LogP contribution in [0.2, 0.25) is 0 Å². The van der Waals surface area contributed by atoms with E-state index in [1.807, 2.05) is 31.2 Å². The van der Waals surface area contributed by atoms with Crippen LogP contribution in [0.25, 0.3) is 16.7 Å². The van der Waals surface area contributed by atoms with Crippen molar-refractivity contribution in [3.8, 4) is 5.75 Å². The number of ether oxygens (including phenoxy) is 1. The Hall–Kier alpha value is -4.26. The highest BCUT2D eigenvalue weighted by atomic mass is 16.5. The van der Waals surface area contributed by atoms with Crippen molar-refractivity contribution < 1.29 is 23.8 Å². The maximum absolute atomic E-state index is 13.3. The smallest absolute Gasteiger partial charge is 0.296 e. The Morgan fingerprint density at radius 3 is 2.70 bits per heavy atom. The monoisotopic (exact) mass is 442 g/mol. The topological polar surface area (TPSA) is 95.8 Å². The molecule has 1 amide bonds. The molecule has 3 heterocycles. The summed E-state index contributed by atoms with van der Waals surface area (Å²) < 4.78 is 10.7. The van der Waals surface area contributed by atoms with E-state index in [9.17, 15) is 14.7 Å². The lowest BCUT2D eigenvalue weighted by Crippen LogP contribution is -2.29. The number of amides is 1. The first-order valence-corrected chi connectivity index (χ1v) is 10.5. The third kappa shape index (κ3) is 3.38. The number of carbonyl (C=O) groups excluding carboxylic acids is 2. The van der Waals surface area contributed by atoms with Gasteiger partial charge in [-0.25, -0.2) is 0 Å². The number of fused-ring (bicyclic) bond motifs is 1. The number of aliphatic hydroxyl groups excluding tert-OH is 1. The summed E-state index contributed by atoms with van der Waals surface area (Å²) in [4.78, 5) is 31.3. The fourth-order valence-corrected chi connectivity index (χ4v) is 4.49. The first-order valence-electron chi connectivity index (χ1n) is 10.5. The quantitative estimate of drug-likeness (QED) is 0.265. The second-order valence-electron chi connectivity index (χ2n) is 7.95. The summed E-state index contributed by atoms with van der Waals surface area (Å²) in [5, 5.41) is 12.2. The number of methoxy groups -OCH3 is 1. The molecule has 33 heavy (non-hydrogen) atoms. The number of nitrogens with one attached hydrogen (secondary N) is 1. The number of aromatic amines is 1. The van der Waals surface area contributed by atoms with Crippen LogP contribution in [0, 0.1) is 6.92 Å². The highest BCUT2D eigenvalue weighted by Gasteiger charge is 2.47. The summed E-state index contributed by atoms with van der Waals surface area (Å²) in [6.45, 7) is 1.99. The van der Waals surface area contributed by atoms with Crippen molar-refractivity contribution in [3.63, 3.8) is 0 Å². The van der Waals surface area contributed by atoms with Gasteiger partial charge in [0.2, 0.25) is 0 Å². The maximum Gasteiger partial charge on any atom is 0.296 e. The van der Waals surface area contributed by atoms with Gasteiger partial charge in [-0.1, -0.05) is 30.3 Å². The van der Waals surface area contributed by atoms with Crippen molar-refractivity contribution in [2.24, 2.45) is 0 Å². The third-order valence-electron chi connectivity index (χ3n) is 6.01. The van der Waals surface area contributed by atoms with Crippen molar-refractivity contribution in [2.45, 2.75) is 19.5 Å². The largest absolute Gasteiger partial charge is 0.507 e. The molecule has 2 aromatic carbocycles. The number of likely N-dealkylation sites (tertiary alicyclic amines) is 1. The predicted molar refractivity (Wildman–Crippen MR) is 123 cm³/mol. The lowest BCUT2D eigenvalue weighted by atomic mass is 9.93. The van der Waals surface area contributed by atoms with E-state index in [-0.39, 0.29) is 17.9 Å². The second kappa shape index (κ2) is 8.02. The summed E-state index contributed by atoms with van der Waals surface area (Å²) in [5.41, 5.74) is 2.89. The SMILES string of the molecule is COc1cccc(/C(O)=C2\C(=O)C(=O)N(Cc3ccco3)C2c2c(C)[nH]c3ccccc23)c1. The highest BCUT2D eigenvalue weighted by molar-refractivity contribution is 6.46. The number of benzene rings is 2. The Balaban J connectivity index is 1.75. The van der Waals surface area contributed by atoms with E-state index in [0.29, 0.717) is 17.1 Å². The van der Waals surface area contributed by atoms with E-state index in [0.717, 1.165) is 22.2 Å². The van der Waals surface area contributed by atoms with E-state index >= 15 is 0 Å². The molecule has 1 fully saturated rings. The van der Waals surface area contributed by atoms with Crippen LogP contribution < -0.4 is 4.74 Å². The molecule has 2 N–H and O–H groups in total. The number of aromatic nitrogens is 1. The standard InChI is InChI=1S/C26H22N2O5/c1-15-21(19-10-3-4-11-20(19)27-15)23-22(24(29)16-7-5-8-17(13-16)32-2)25(30)26(31)28(23)14-18-9-6-12-33-18/h3-13,23,27,29H,14H2,1-2H3/b24-22+. The van der Waals surface area contributed by atoms with E-state index < -0.39 is 17.7 Å². The van der Waals surface area contributed by atoms with Crippen LogP contribution in [0.3, 0.4) is 0 Å². The fourth-order valence-electron chi connectivity index (χ4n) is 4.49. The molecule has 1 atom stereocenters. The molecule has 2 aromatic heterocycles. The molecule has 0 aliphatic carbocycles. The minimum atomic E-state index is -0.794. The van der Waals surface area contributed by atoms with Crippen LogP contribution in [-0.2, 0) is 16.1 Å². The molecule has 0 saturated carbocycles. The Kier molecular flexibility index (Phi) is 5.01. The van der Waals surface area contributed by atoms with Gasteiger partial charge in [0.25, 0.3) is 11.7 Å². The van der Waals surface area contributed by atoms with Crippen LogP contribution in [0.5, 0.6) is 5.75 Å². The lowest BCUT2D eigenvalue weighted by molar-refractivity contribution is -0.140. The van der Waals surface area contributed by atoms with Crippen molar-refractivity contribution >= 4 is 28.4 Å². The van der Waals surface area contributed by atoms with Crippen LogP contribution in [0.4, 0.5) is 0 Å². The number of furan rings is 1. The van der Waals surface area contributed by atoms with Crippen molar-refractivity contribution in [3.05, 3.63) is 95.1 Å².